The summed E-state index contributed by atoms with van der Waals surface area (Å²) >= 11 is 0. The van der Waals surface area contributed by atoms with E-state index in [1.807, 2.05) is 64.2 Å². The van der Waals surface area contributed by atoms with E-state index in [0.717, 1.165) is 28.2 Å². The number of amides is 1. The molecule has 0 aliphatic heterocycles. The van der Waals surface area contributed by atoms with E-state index in [1.54, 1.807) is 4.68 Å². The highest BCUT2D eigenvalue weighted by atomic mass is 16.2. The van der Waals surface area contributed by atoms with Crippen LogP contribution in [0.25, 0.3) is 0 Å². The molecule has 1 aromatic heterocycles. The van der Waals surface area contributed by atoms with Crippen LogP contribution in [0, 0.1) is 13.8 Å². The van der Waals surface area contributed by atoms with Crippen molar-refractivity contribution in [3.05, 3.63) is 83.2 Å². The number of benzene rings is 2. The number of aromatic nitrogens is 2. The maximum atomic E-state index is 12.8. The van der Waals surface area contributed by atoms with Gasteiger partial charge in [0, 0.05) is 7.05 Å². The highest BCUT2D eigenvalue weighted by Gasteiger charge is 2.22. The van der Waals surface area contributed by atoms with Crippen LogP contribution in [0.3, 0.4) is 0 Å². The zero-order valence-electron chi connectivity index (χ0n) is 16.2. The Morgan fingerprint density at radius 2 is 1.48 bits per heavy atom. The molecule has 0 saturated carbocycles. The Balaban J connectivity index is 1.80. The SMILES string of the molecule is Cc1nn(C)c(C)c1NC(=O)[C@H](C)NC(c1ccccc1)c1ccccc1. The first kappa shape index (κ1) is 18.9. The van der Waals surface area contributed by atoms with Crippen molar-refractivity contribution >= 4 is 11.6 Å². The second-order valence-electron chi connectivity index (χ2n) is 6.80. The topological polar surface area (TPSA) is 59.0 Å². The summed E-state index contributed by atoms with van der Waals surface area (Å²) in [5.74, 6) is -0.0777. The smallest absolute Gasteiger partial charge is 0.241 e. The number of nitrogens with zero attached hydrogens (tertiary/aromatic N) is 2. The van der Waals surface area contributed by atoms with Crippen LogP contribution in [0.15, 0.2) is 60.7 Å². The summed E-state index contributed by atoms with van der Waals surface area (Å²) in [6.07, 6.45) is 0. The molecule has 0 saturated heterocycles. The molecule has 0 unspecified atom stereocenters. The van der Waals surface area contributed by atoms with Gasteiger partial charge >= 0.3 is 0 Å². The average molecular weight is 362 g/mol. The van der Waals surface area contributed by atoms with Gasteiger partial charge in [-0.3, -0.25) is 14.8 Å². The predicted octanol–water partition coefficient (Wildman–Crippen LogP) is 3.74. The molecule has 2 aromatic carbocycles. The lowest BCUT2D eigenvalue weighted by molar-refractivity contribution is -0.117. The molecule has 140 valence electrons. The lowest BCUT2D eigenvalue weighted by Gasteiger charge is -2.24. The number of carbonyl (C=O) groups excluding carboxylic acids is 1. The van der Waals surface area contributed by atoms with E-state index >= 15 is 0 Å². The molecular weight excluding hydrogens is 336 g/mol. The molecular formula is C22H26N4O. The van der Waals surface area contributed by atoms with E-state index in [1.165, 1.54) is 0 Å². The maximum absolute atomic E-state index is 12.8. The standard InChI is InChI=1S/C22H26N4O/c1-15-20(17(3)26(4)25-15)24-22(27)16(2)23-21(18-11-7-5-8-12-18)19-13-9-6-10-14-19/h5-14,16,21,23H,1-4H3,(H,24,27)/t16-/m0/s1. The van der Waals surface area contributed by atoms with Crippen molar-refractivity contribution in [2.24, 2.45) is 7.05 Å². The molecule has 0 aliphatic carbocycles. The van der Waals surface area contributed by atoms with E-state index in [0.29, 0.717) is 0 Å². The van der Waals surface area contributed by atoms with Gasteiger partial charge in [0.25, 0.3) is 0 Å². The first-order chi connectivity index (χ1) is 13.0. The van der Waals surface area contributed by atoms with Gasteiger partial charge in [0.2, 0.25) is 5.91 Å². The molecule has 1 atom stereocenters. The zero-order chi connectivity index (χ0) is 19.4. The third-order valence-electron chi connectivity index (χ3n) is 4.83. The van der Waals surface area contributed by atoms with Gasteiger partial charge in [-0.25, -0.2) is 0 Å². The lowest BCUT2D eigenvalue weighted by atomic mass is 9.98. The second-order valence-corrected chi connectivity index (χ2v) is 6.80. The fraction of sp³-hybridized carbons (Fsp3) is 0.273. The van der Waals surface area contributed by atoms with Crippen LogP contribution in [0.5, 0.6) is 0 Å². The second kappa shape index (κ2) is 8.18. The summed E-state index contributed by atoms with van der Waals surface area (Å²) < 4.78 is 1.78. The third kappa shape index (κ3) is 4.26. The van der Waals surface area contributed by atoms with Gasteiger partial charge in [-0.1, -0.05) is 60.7 Å². The van der Waals surface area contributed by atoms with Gasteiger partial charge in [-0.05, 0) is 31.9 Å². The normalized spacial score (nSPS) is 12.2. The highest BCUT2D eigenvalue weighted by Crippen LogP contribution is 2.23. The highest BCUT2D eigenvalue weighted by molar-refractivity contribution is 5.95. The first-order valence-corrected chi connectivity index (χ1v) is 9.14. The third-order valence-corrected chi connectivity index (χ3v) is 4.83. The van der Waals surface area contributed by atoms with Gasteiger partial charge in [0.15, 0.2) is 0 Å². The summed E-state index contributed by atoms with van der Waals surface area (Å²) in [5.41, 5.74) is 4.79. The molecule has 0 bridgehead atoms. The van der Waals surface area contributed by atoms with E-state index in [-0.39, 0.29) is 18.0 Å². The summed E-state index contributed by atoms with van der Waals surface area (Å²) in [6.45, 7) is 5.73. The lowest BCUT2D eigenvalue weighted by Crippen LogP contribution is -2.40. The molecule has 27 heavy (non-hydrogen) atoms. The Kier molecular flexibility index (Phi) is 5.72. The van der Waals surface area contributed by atoms with E-state index in [2.05, 4.69) is 40.0 Å². The fourth-order valence-electron chi connectivity index (χ4n) is 3.19. The minimum absolute atomic E-state index is 0.0655. The number of aryl methyl sites for hydroxylation is 2. The monoisotopic (exact) mass is 362 g/mol. The van der Waals surface area contributed by atoms with Crippen LogP contribution in [0.1, 0.15) is 35.5 Å². The number of anilines is 1. The molecule has 3 rings (SSSR count). The summed E-state index contributed by atoms with van der Waals surface area (Å²) in [5, 5.41) is 10.9. The molecule has 0 fully saturated rings. The van der Waals surface area contributed by atoms with Gasteiger partial charge < -0.3 is 5.32 Å². The minimum Gasteiger partial charge on any atom is -0.322 e. The predicted molar refractivity (Wildman–Crippen MR) is 109 cm³/mol. The van der Waals surface area contributed by atoms with Crippen molar-refractivity contribution in [1.29, 1.82) is 0 Å². The molecule has 0 spiro atoms. The van der Waals surface area contributed by atoms with Gasteiger partial charge in [-0.2, -0.15) is 5.10 Å². The molecule has 3 aromatic rings. The van der Waals surface area contributed by atoms with Crippen LogP contribution in [-0.2, 0) is 11.8 Å². The molecule has 1 heterocycles. The van der Waals surface area contributed by atoms with Crippen molar-refractivity contribution < 1.29 is 4.79 Å². The number of hydrogen-bond acceptors (Lipinski definition) is 3. The Hall–Kier alpha value is -2.92. The van der Waals surface area contributed by atoms with Gasteiger partial charge in [-0.15, -0.1) is 0 Å². The maximum Gasteiger partial charge on any atom is 0.241 e. The number of hydrogen-bond donors (Lipinski definition) is 2. The van der Waals surface area contributed by atoms with E-state index in [4.69, 9.17) is 0 Å². The molecule has 5 nitrogen and oxygen atoms in total. The number of rotatable bonds is 6. The van der Waals surface area contributed by atoms with E-state index < -0.39 is 0 Å². The summed E-state index contributed by atoms with van der Waals surface area (Å²) in [4.78, 5) is 12.8. The molecule has 1 amide bonds. The zero-order valence-corrected chi connectivity index (χ0v) is 16.2. The first-order valence-electron chi connectivity index (χ1n) is 9.14. The summed E-state index contributed by atoms with van der Waals surface area (Å²) in [7, 11) is 1.88. The van der Waals surface area contributed by atoms with Crippen LogP contribution in [0.2, 0.25) is 0 Å². The number of nitrogens with one attached hydrogen (secondary N) is 2. The molecule has 2 N–H and O–H groups in total. The van der Waals surface area contributed by atoms with Crippen LogP contribution < -0.4 is 10.6 Å². The average Bonchev–Trinajstić information content (AvgIpc) is 2.93. The summed E-state index contributed by atoms with van der Waals surface area (Å²) in [6, 6.07) is 19.9. The molecule has 0 aliphatic rings. The van der Waals surface area contributed by atoms with Crippen molar-refractivity contribution in [2.75, 3.05) is 5.32 Å². The molecule has 5 heteroatoms. The Labute approximate surface area is 160 Å². The Bertz CT molecular complexity index is 863. The van der Waals surface area contributed by atoms with Crippen LogP contribution >= 0.6 is 0 Å². The van der Waals surface area contributed by atoms with Crippen molar-refractivity contribution in [1.82, 2.24) is 15.1 Å². The fourth-order valence-corrected chi connectivity index (χ4v) is 3.19. The van der Waals surface area contributed by atoms with E-state index in [9.17, 15) is 4.79 Å². The van der Waals surface area contributed by atoms with Crippen molar-refractivity contribution in [2.45, 2.75) is 32.9 Å². The largest absolute Gasteiger partial charge is 0.322 e. The molecule has 0 radical (unpaired) electrons. The Morgan fingerprint density at radius 3 is 1.93 bits per heavy atom. The van der Waals surface area contributed by atoms with Crippen molar-refractivity contribution in [3.8, 4) is 0 Å². The van der Waals surface area contributed by atoms with Gasteiger partial charge in [0.05, 0.1) is 29.2 Å². The van der Waals surface area contributed by atoms with Crippen LogP contribution in [0.4, 0.5) is 5.69 Å². The minimum atomic E-state index is -0.380. The quantitative estimate of drug-likeness (QED) is 0.702. The number of carbonyl (C=O) groups is 1. The van der Waals surface area contributed by atoms with Crippen molar-refractivity contribution in [3.63, 3.8) is 0 Å². The van der Waals surface area contributed by atoms with Crippen LogP contribution in [-0.4, -0.2) is 21.7 Å². The van der Waals surface area contributed by atoms with Gasteiger partial charge in [0.1, 0.15) is 0 Å². The Morgan fingerprint density at radius 1 is 0.963 bits per heavy atom.